The second kappa shape index (κ2) is 5.44. The number of morpholine rings is 1. The predicted molar refractivity (Wildman–Crippen MR) is 74.1 cm³/mol. The molecule has 110 valence electrons. The number of sulfonamides is 1. The lowest BCUT2D eigenvalue weighted by Crippen LogP contribution is -2.46. The zero-order valence-corrected chi connectivity index (χ0v) is 12.1. The van der Waals surface area contributed by atoms with Gasteiger partial charge in [-0.3, -0.25) is 0 Å². The van der Waals surface area contributed by atoms with E-state index in [9.17, 15) is 8.42 Å². The molecule has 1 atom stereocenters. The molecule has 6 heteroatoms. The highest BCUT2D eigenvalue weighted by Gasteiger charge is 2.31. The van der Waals surface area contributed by atoms with Gasteiger partial charge in [0, 0.05) is 13.1 Å². The lowest BCUT2D eigenvalue weighted by molar-refractivity contribution is -0.0304. The maximum absolute atomic E-state index is 12.6. The van der Waals surface area contributed by atoms with E-state index in [0.717, 1.165) is 24.8 Å². The molecule has 0 saturated carbocycles. The summed E-state index contributed by atoms with van der Waals surface area (Å²) in [6.07, 6.45) is 2.68. The molecular weight excluding hydrogens is 278 g/mol. The smallest absolute Gasteiger partial charge is 0.243 e. The molecule has 1 aliphatic heterocycles. The molecule has 1 N–H and O–H groups in total. The van der Waals surface area contributed by atoms with Gasteiger partial charge in [0.2, 0.25) is 10.0 Å². The van der Waals surface area contributed by atoms with Gasteiger partial charge < -0.3 is 9.84 Å². The molecule has 1 unspecified atom stereocenters. The summed E-state index contributed by atoms with van der Waals surface area (Å²) in [6.45, 7) is 0.734. The summed E-state index contributed by atoms with van der Waals surface area (Å²) in [6, 6.07) is 5.43. The van der Waals surface area contributed by atoms with Crippen molar-refractivity contribution in [2.75, 3.05) is 26.3 Å². The molecule has 5 nitrogen and oxygen atoms in total. The Bertz CT molecular complexity index is 599. The van der Waals surface area contributed by atoms with Gasteiger partial charge in [-0.15, -0.1) is 0 Å². The molecule has 0 aromatic heterocycles. The van der Waals surface area contributed by atoms with E-state index in [1.807, 2.05) is 6.07 Å². The van der Waals surface area contributed by atoms with Gasteiger partial charge in [-0.1, -0.05) is 6.07 Å². The third-order valence-corrected chi connectivity index (χ3v) is 5.87. The number of rotatable bonds is 3. The Morgan fingerprint density at radius 3 is 2.90 bits per heavy atom. The van der Waals surface area contributed by atoms with E-state index in [0.29, 0.717) is 18.0 Å². The van der Waals surface area contributed by atoms with E-state index in [2.05, 4.69) is 0 Å². The fraction of sp³-hybridized carbons (Fsp3) is 0.571. The van der Waals surface area contributed by atoms with E-state index < -0.39 is 16.1 Å². The highest BCUT2D eigenvalue weighted by Crippen LogP contribution is 2.26. The molecule has 1 heterocycles. The first-order valence-corrected chi connectivity index (χ1v) is 8.39. The van der Waals surface area contributed by atoms with Crippen molar-refractivity contribution in [3.05, 3.63) is 29.3 Å². The maximum atomic E-state index is 12.6. The predicted octanol–water partition coefficient (Wildman–Crippen LogP) is 0.557. The van der Waals surface area contributed by atoms with Crippen molar-refractivity contribution in [1.29, 1.82) is 0 Å². The minimum absolute atomic E-state index is 0.157. The number of benzene rings is 1. The van der Waals surface area contributed by atoms with Crippen molar-refractivity contribution >= 4 is 10.0 Å². The van der Waals surface area contributed by atoms with Crippen molar-refractivity contribution < 1.29 is 18.3 Å². The van der Waals surface area contributed by atoms with Crippen molar-refractivity contribution in [2.24, 2.45) is 0 Å². The molecule has 3 rings (SSSR count). The summed E-state index contributed by atoms with van der Waals surface area (Å²) in [5.41, 5.74) is 2.41. The van der Waals surface area contributed by atoms with Gasteiger partial charge in [-0.05, 0) is 42.5 Å². The van der Waals surface area contributed by atoms with Gasteiger partial charge in [0.15, 0.2) is 0 Å². The summed E-state index contributed by atoms with van der Waals surface area (Å²) < 4.78 is 32.0. The lowest BCUT2D eigenvalue weighted by atomic mass is 10.1. The zero-order chi connectivity index (χ0) is 14.2. The zero-order valence-electron chi connectivity index (χ0n) is 11.3. The lowest BCUT2D eigenvalue weighted by Gasteiger charge is -2.31. The van der Waals surface area contributed by atoms with Crippen LogP contribution in [-0.4, -0.2) is 50.2 Å². The van der Waals surface area contributed by atoms with Crippen LogP contribution in [-0.2, 0) is 27.6 Å². The van der Waals surface area contributed by atoms with Gasteiger partial charge in [0.1, 0.15) is 0 Å². The molecule has 0 radical (unpaired) electrons. The van der Waals surface area contributed by atoms with Crippen LogP contribution in [0.15, 0.2) is 23.1 Å². The first-order valence-electron chi connectivity index (χ1n) is 6.95. The van der Waals surface area contributed by atoms with E-state index in [-0.39, 0.29) is 13.2 Å². The number of aryl methyl sites for hydroxylation is 2. The standard InChI is InChI=1S/C14H19NO4S/c16-10-13-9-15(6-7-19-13)20(17,18)14-5-4-11-2-1-3-12(11)8-14/h4-5,8,13,16H,1-3,6-7,9-10H2. The number of hydrogen-bond donors (Lipinski definition) is 1. The van der Waals surface area contributed by atoms with Crippen molar-refractivity contribution in [3.8, 4) is 0 Å². The highest BCUT2D eigenvalue weighted by molar-refractivity contribution is 7.89. The largest absolute Gasteiger partial charge is 0.394 e. The molecule has 2 aliphatic rings. The van der Waals surface area contributed by atoms with Gasteiger partial charge in [-0.2, -0.15) is 4.31 Å². The SMILES string of the molecule is O=S(=O)(c1ccc2c(c1)CCC2)N1CCOC(CO)C1. The molecule has 1 aliphatic carbocycles. The molecule has 0 amide bonds. The number of hydrogen-bond acceptors (Lipinski definition) is 4. The van der Waals surface area contributed by atoms with Crippen LogP contribution in [0.25, 0.3) is 0 Å². The number of aliphatic hydroxyl groups is 1. The van der Waals surface area contributed by atoms with E-state index in [1.165, 1.54) is 9.87 Å². The quantitative estimate of drug-likeness (QED) is 0.885. The van der Waals surface area contributed by atoms with Crippen LogP contribution in [0.2, 0.25) is 0 Å². The Balaban J connectivity index is 1.87. The summed E-state index contributed by atoms with van der Waals surface area (Å²) >= 11 is 0. The Morgan fingerprint density at radius 1 is 1.30 bits per heavy atom. The van der Waals surface area contributed by atoms with Crippen LogP contribution in [0.4, 0.5) is 0 Å². The maximum Gasteiger partial charge on any atom is 0.243 e. The van der Waals surface area contributed by atoms with Crippen molar-refractivity contribution in [3.63, 3.8) is 0 Å². The summed E-state index contributed by atoms with van der Waals surface area (Å²) in [5.74, 6) is 0. The van der Waals surface area contributed by atoms with E-state index >= 15 is 0 Å². The first-order chi connectivity index (χ1) is 9.61. The topological polar surface area (TPSA) is 66.8 Å². The Kier molecular flexibility index (Phi) is 3.81. The van der Waals surface area contributed by atoms with Gasteiger partial charge >= 0.3 is 0 Å². The molecule has 1 aromatic carbocycles. The van der Waals surface area contributed by atoms with Gasteiger partial charge in [0.25, 0.3) is 0 Å². The Hall–Kier alpha value is -0.950. The van der Waals surface area contributed by atoms with Crippen LogP contribution in [0.5, 0.6) is 0 Å². The van der Waals surface area contributed by atoms with Crippen molar-refractivity contribution in [2.45, 2.75) is 30.3 Å². The molecule has 1 fully saturated rings. The number of ether oxygens (including phenoxy) is 1. The van der Waals surface area contributed by atoms with E-state index in [4.69, 9.17) is 9.84 Å². The van der Waals surface area contributed by atoms with Gasteiger partial charge in [-0.25, -0.2) is 8.42 Å². The summed E-state index contributed by atoms with van der Waals surface area (Å²) in [4.78, 5) is 0.358. The van der Waals surface area contributed by atoms with E-state index in [1.54, 1.807) is 12.1 Å². The van der Waals surface area contributed by atoms with Crippen LogP contribution in [0, 0.1) is 0 Å². The molecule has 1 aromatic rings. The molecule has 0 spiro atoms. The molecule has 0 bridgehead atoms. The second-order valence-corrected chi connectivity index (χ2v) is 7.26. The third kappa shape index (κ3) is 2.48. The van der Waals surface area contributed by atoms with Crippen molar-refractivity contribution in [1.82, 2.24) is 4.31 Å². The number of aliphatic hydroxyl groups excluding tert-OH is 1. The third-order valence-electron chi connectivity index (χ3n) is 4.01. The first kappa shape index (κ1) is 14.0. The van der Waals surface area contributed by atoms with Crippen LogP contribution >= 0.6 is 0 Å². The average molecular weight is 297 g/mol. The highest BCUT2D eigenvalue weighted by atomic mass is 32.2. The Morgan fingerprint density at radius 2 is 2.10 bits per heavy atom. The minimum Gasteiger partial charge on any atom is -0.394 e. The Labute approximate surface area is 119 Å². The fourth-order valence-corrected chi connectivity index (χ4v) is 4.39. The average Bonchev–Trinajstić information content (AvgIpc) is 2.94. The second-order valence-electron chi connectivity index (χ2n) is 5.32. The fourth-order valence-electron chi connectivity index (χ4n) is 2.88. The number of fused-ring (bicyclic) bond motifs is 1. The van der Waals surface area contributed by atoms with Crippen LogP contribution in [0.3, 0.4) is 0 Å². The normalized spacial score (nSPS) is 23.8. The van der Waals surface area contributed by atoms with Crippen LogP contribution < -0.4 is 0 Å². The number of nitrogens with zero attached hydrogens (tertiary/aromatic N) is 1. The molecule has 1 saturated heterocycles. The van der Waals surface area contributed by atoms with Gasteiger partial charge in [0.05, 0.1) is 24.2 Å². The molecule has 20 heavy (non-hydrogen) atoms. The summed E-state index contributed by atoms with van der Waals surface area (Å²) in [5, 5.41) is 9.13. The minimum atomic E-state index is -3.48. The van der Waals surface area contributed by atoms with Crippen LogP contribution in [0.1, 0.15) is 17.5 Å². The monoisotopic (exact) mass is 297 g/mol. The summed E-state index contributed by atoms with van der Waals surface area (Å²) in [7, 11) is -3.48. The molecular formula is C14H19NO4S.